The van der Waals surface area contributed by atoms with Crippen molar-refractivity contribution in [2.75, 3.05) is 5.32 Å². The molecule has 0 saturated carbocycles. The van der Waals surface area contributed by atoms with Gasteiger partial charge in [0.05, 0.1) is 17.3 Å². The van der Waals surface area contributed by atoms with Crippen molar-refractivity contribution in [3.63, 3.8) is 0 Å². The average Bonchev–Trinajstić information content (AvgIpc) is 2.40. The normalized spacial score (nSPS) is 11.2. The standard InChI is InChI=1S/C13H8F4N2O/c14-8-5-6-11(18-7-8)19-12(20)9-3-1-2-4-10(9)13(15,16)17/h1-7H,(H,18,19,20). The molecular weight excluding hydrogens is 276 g/mol. The van der Waals surface area contributed by atoms with E-state index in [2.05, 4.69) is 10.3 Å². The molecule has 2 aromatic rings. The lowest BCUT2D eigenvalue weighted by atomic mass is 10.1. The molecule has 1 aromatic heterocycles. The minimum Gasteiger partial charge on any atom is -0.307 e. The van der Waals surface area contributed by atoms with Crippen LogP contribution >= 0.6 is 0 Å². The van der Waals surface area contributed by atoms with E-state index in [9.17, 15) is 22.4 Å². The molecule has 0 fully saturated rings. The highest BCUT2D eigenvalue weighted by Crippen LogP contribution is 2.32. The van der Waals surface area contributed by atoms with E-state index >= 15 is 0 Å². The molecule has 20 heavy (non-hydrogen) atoms. The third kappa shape index (κ3) is 3.11. The van der Waals surface area contributed by atoms with E-state index in [-0.39, 0.29) is 5.82 Å². The maximum atomic E-state index is 12.8. The van der Waals surface area contributed by atoms with Gasteiger partial charge in [-0.15, -0.1) is 0 Å². The van der Waals surface area contributed by atoms with Crippen LogP contribution in [0.1, 0.15) is 15.9 Å². The van der Waals surface area contributed by atoms with Crippen LogP contribution in [-0.4, -0.2) is 10.9 Å². The summed E-state index contributed by atoms with van der Waals surface area (Å²) in [4.78, 5) is 15.4. The Morgan fingerprint density at radius 3 is 2.40 bits per heavy atom. The molecule has 0 spiro atoms. The van der Waals surface area contributed by atoms with Crippen LogP contribution in [0.25, 0.3) is 0 Å². The number of anilines is 1. The van der Waals surface area contributed by atoms with Crippen LogP contribution in [-0.2, 0) is 6.18 Å². The summed E-state index contributed by atoms with van der Waals surface area (Å²) in [5, 5.41) is 2.18. The molecule has 1 aromatic carbocycles. The zero-order valence-corrected chi connectivity index (χ0v) is 9.91. The van der Waals surface area contributed by atoms with Crippen molar-refractivity contribution >= 4 is 11.7 Å². The second-order valence-electron chi connectivity index (χ2n) is 3.86. The second kappa shape index (κ2) is 5.28. The van der Waals surface area contributed by atoms with Gasteiger partial charge in [0.1, 0.15) is 11.6 Å². The van der Waals surface area contributed by atoms with Crippen molar-refractivity contribution in [1.29, 1.82) is 0 Å². The lowest BCUT2D eigenvalue weighted by Crippen LogP contribution is -2.19. The first-order valence-electron chi connectivity index (χ1n) is 5.47. The van der Waals surface area contributed by atoms with Gasteiger partial charge in [0.2, 0.25) is 0 Å². The van der Waals surface area contributed by atoms with Crippen LogP contribution in [0, 0.1) is 5.82 Å². The fourth-order valence-electron chi connectivity index (χ4n) is 1.56. The van der Waals surface area contributed by atoms with E-state index in [0.29, 0.717) is 0 Å². The van der Waals surface area contributed by atoms with Gasteiger partial charge in [-0.25, -0.2) is 9.37 Å². The number of nitrogens with zero attached hydrogens (tertiary/aromatic N) is 1. The number of nitrogens with one attached hydrogen (secondary N) is 1. The number of benzene rings is 1. The minimum absolute atomic E-state index is 0.0339. The van der Waals surface area contributed by atoms with E-state index in [4.69, 9.17) is 0 Å². The van der Waals surface area contributed by atoms with Crippen molar-refractivity contribution < 1.29 is 22.4 Å². The number of rotatable bonds is 2. The molecular formula is C13H8F4N2O. The Morgan fingerprint density at radius 1 is 1.10 bits per heavy atom. The third-order valence-corrected chi connectivity index (χ3v) is 2.45. The van der Waals surface area contributed by atoms with Crippen LogP contribution in [0.4, 0.5) is 23.4 Å². The Bertz CT molecular complexity index is 623. The van der Waals surface area contributed by atoms with Gasteiger partial charge in [0.25, 0.3) is 5.91 Å². The summed E-state index contributed by atoms with van der Waals surface area (Å²) in [6, 6.07) is 6.58. The topological polar surface area (TPSA) is 42.0 Å². The maximum absolute atomic E-state index is 12.8. The summed E-state index contributed by atoms with van der Waals surface area (Å²) in [5.74, 6) is -1.61. The van der Waals surface area contributed by atoms with Gasteiger partial charge in [0.15, 0.2) is 0 Å². The van der Waals surface area contributed by atoms with Crippen LogP contribution < -0.4 is 5.32 Å². The van der Waals surface area contributed by atoms with Crippen LogP contribution in [0.5, 0.6) is 0 Å². The molecule has 7 heteroatoms. The summed E-state index contributed by atoms with van der Waals surface area (Å²) >= 11 is 0. The molecule has 0 aliphatic carbocycles. The summed E-state index contributed by atoms with van der Waals surface area (Å²) in [5.41, 5.74) is -1.56. The lowest BCUT2D eigenvalue weighted by molar-refractivity contribution is -0.137. The number of carbonyl (C=O) groups is 1. The third-order valence-electron chi connectivity index (χ3n) is 2.45. The van der Waals surface area contributed by atoms with E-state index in [0.717, 1.165) is 30.5 Å². The van der Waals surface area contributed by atoms with Crippen LogP contribution in [0.2, 0.25) is 0 Å². The summed E-state index contributed by atoms with van der Waals surface area (Å²) < 4.78 is 50.9. The summed E-state index contributed by atoms with van der Waals surface area (Å²) in [6.45, 7) is 0. The Kier molecular flexibility index (Phi) is 3.69. The molecule has 1 heterocycles. The molecule has 0 unspecified atom stereocenters. The van der Waals surface area contributed by atoms with E-state index in [1.54, 1.807) is 0 Å². The summed E-state index contributed by atoms with van der Waals surface area (Å²) in [6.07, 6.45) is -3.78. The fraction of sp³-hybridized carbons (Fsp3) is 0.0769. The first-order valence-corrected chi connectivity index (χ1v) is 5.47. The van der Waals surface area contributed by atoms with Crippen molar-refractivity contribution in [2.45, 2.75) is 6.18 Å². The number of amides is 1. The van der Waals surface area contributed by atoms with Gasteiger partial charge in [-0.3, -0.25) is 4.79 Å². The maximum Gasteiger partial charge on any atom is 0.417 e. The zero-order chi connectivity index (χ0) is 14.8. The number of alkyl halides is 3. The molecule has 0 saturated heterocycles. The Balaban J connectivity index is 2.28. The second-order valence-corrected chi connectivity index (χ2v) is 3.86. The number of carbonyl (C=O) groups excluding carboxylic acids is 1. The van der Waals surface area contributed by atoms with Gasteiger partial charge in [-0.1, -0.05) is 12.1 Å². The van der Waals surface area contributed by atoms with Gasteiger partial charge in [-0.05, 0) is 24.3 Å². The molecule has 0 aliphatic rings. The number of aromatic nitrogens is 1. The molecule has 3 nitrogen and oxygen atoms in total. The average molecular weight is 284 g/mol. The van der Waals surface area contributed by atoms with Gasteiger partial charge in [-0.2, -0.15) is 13.2 Å². The van der Waals surface area contributed by atoms with Crippen molar-refractivity contribution in [1.82, 2.24) is 4.98 Å². The number of pyridine rings is 1. The molecule has 104 valence electrons. The monoisotopic (exact) mass is 284 g/mol. The van der Waals surface area contributed by atoms with Crippen molar-refractivity contribution in [3.8, 4) is 0 Å². The fourth-order valence-corrected chi connectivity index (χ4v) is 1.56. The minimum atomic E-state index is -4.63. The largest absolute Gasteiger partial charge is 0.417 e. The Morgan fingerprint density at radius 2 is 1.80 bits per heavy atom. The Labute approximate surface area is 111 Å². The first-order chi connectivity index (χ1) is 9.38. The predicted octanol–water partition coefficient (Wildman–Crippen LogP) is 3.49. The highest BCUT2D eigenvalue weighted by Gasteiger charge is 2.34. The van der Waals surface area contributed by atoms with E-state index < -0.39 is 29.0 Å². The molecule has 0 bridgehead atoms. The Hall–Kier alpha value is -2.44. The van der Waals surface area contributed by atoms with Crippen LogP contribution in [0.3, 0.4) is 0 Å². The zero-order valence-electron chi connectivity index (χ0n) is 9.91. The first kappa shape index (κ1) is 14.0. The highest BCUT2D eigenvalue weighted by atomic mass is 19.4. The van der Waals surface area contributed by atoms with Gasteiger partial charge < -0.3 is 5.32 Å². The van der Waals surface area contributed by atoms with Crippen molar-refractivity contribution in [2.24, 2.45) is 0 Å². The van der Waals surface area contributed by atoms with Crippen molar-refractivity contribution in [3.05, 3.63) is 59.5 Å². The summed E-state index contributed by atoms with van der Waals surface area (Å²) in [7, 11) is 0. The van der Waals surface area contributed by atoms with E-state index in [1.807, 2.05) is 0 Å². The van der Waals surface area contributed by atoms with Gasteiger partial charge >= 0.3 is 6.18 Å². The molecule has 0 aliphatic heterocycles. The molecule has 2 rings (SSSR count). The molecule has 0 atom stereocenters. The quantitative estimate of drug-likeness (QED) is 0.858. The number of hydrogen-bond acceptors (Lipinski definition) is 2. The highest BCUT2D eigenvalue weighted by molar-refractivity contribution is 6.04. The molecule has 0 radical (unpaired) electrons. The predicted molar refractivity (Wildman–Crippen MR) is 63.6 cm³/mol. The number of hydrogen-bond donors (Lipinski definition) is 1. The smallest absolute Gasteiger partial charge is 0.307 e. The lowest BCUT2D eigenvalue weighted by Gasteiger charge is -2.12. The SMILES string of the molecule is O=C(Nc1ccc(F)cn1)c1ccccc1C(F)(F)F. The van der Waals surface area contributed by atoms with Gasteiger partial charge in [0, 0.05) is 0 Å². The number of halogens is 4. The molecule has 1 N–H and O–H groups in total. The van der Waals surface area contributed by atoms with E-state index in [1.165, 1.54) is 12.1 Å². The molecule has 1 amide bonds. The van der Waals surface area contributed by atoms with Crippen LogP contribution in [0.15, 0.2) is 42.6 Å².